The molecule has 5 nitrogen and oxygen atoms in total. The number of aliphatic hydroxyl groups is 1. The van der Waals surface area contributed by atoms with E-state index in [-0.39, 0.29) is 29.7 Å². The average molecular weight is 314 g/mol. The summed E-state index contributed by atoms with van der Waals surface area (Å²) in [5, 5.41) is 12.6. The Balaban J connectivity index is 1.64. The first-order chi connectivity index (χ1) is 11.1. The molecular weight excluding hydrogens is 295 g/mol. The second-order valence-electron chi connectivity index (χ2n) is 5.87. The fourth-order valence-corrected chi connectivity index (χ4v) is 2.76. The first-order valence-electron chi connectivity index (χ1n) is 7.47. The van der Waals surface area contributed by atoms with E-state index in [1.165, 1.54) is 12.1 Å². The van der Waals surface area contributed by atoms with Gasteiger partial charge in [0, 0.05) is 11.6 Å². The van der Waals surface area contributed by atoms with E-state index in [0.29, 0.717) is 12.4 Å². The van der Waals surface area contributed by atoms with Crippen molar-refractivity contribution in [3.63, 3.8) is 0 Å². The van der Waals surface area contributed by atoms with Crippen molar-refractivity contribution in [1.82, 2.24) is 4.98 Å². The lowest BCUT2D eigenvalue weighted by atomic mass is 10.00. The first kappa shape index (κ1) is 15.4. The van der Waals surface area contributed by atoms with Gasteiger partial charge in [-0.25, -0.2) is 9.37 Å². The number of nitrogens with one attached hydrogen (secondary N) is 1. The number of aliphatic imine (C=N–C) groups is 1. The maximum Gasteiger partial charge on any atom is 0.194 e. The molecule has 6 heteroatoms. The van der Waals surface area contributed by atoms with Gasteiger partial charge in [-0.3, -0.25) is 4.99 Å². The molecule has 4 N–H and O–H groups in total. The zero-order valence-electron chi connectivity index (χ0n) is 12.6. The first-order valence-corrected chi connectivity index (χ1v) is 7.47. The van der Waals surface area contributed by atoms with Crippen LogP contribution in [-0.2, 0) is 0 Å². The molecular formula is C17H19FN4O. The molecule has 1 aromatic carbocycles. The summed E-state index contributed by atoms with van der Waals surface area (Å²) in [5.74, 6) is 0.810. The molecule has 1 heterocycles. The molecule has 0 saturated heterocycles. The van der Waals surface area contributed by atoms with Crippen LogP contribution in [0.3, 0.4) is 0 Å². The number of anilines is 1. The van der Waals surface area contributed by atoms with Crippen LogP contribution in [0.1, 0.15) is 17.9 Å². The molecule has 2 atom stereocenters. The zero-order valence-corrected chi connectivity index (χ0v) is 12.6. The maximum atomic E-state index is 13.0. The second-order valence-corrected chi connectivity index (χ2v) is 5.87. The highest BCUT2D eigenvalue weighted by atomic mass is 19.1. The Morgan fingerprint density at radius 2 is 2.13 bits per heavy atom. The van der Waals surface area contributed by atoms with Crippen molar-refractivity contribution in [1.29, 1.82) is 0 Å². The van der Waals surface area contributed by atoms with Gasteiger partial charge >= 0.3 is 0 Å². The number of pyridine rings is 1. The van der Waals surface area contributed by atoms with Crippen molar-refractivity contribution < 1.29 is 9.50 Å². The van der Waals surface area contributed by atoms with Crippen molar-refractivity contribution in [2.24, 2.45) is 16.1 Å². The molecule has 1 fully saturated rings. The quantitative estimate of drug-likeness (QED) is 0.583. The Morgan fingerprint density at radius 3 is 2.78 bits per heavy atom. The fraction of sp³-hybridized carbons (Fsp3) is 0.294. The Hall–Kier alpha value is -2.47. The fourth-order valence-electron chi connectivity index (χ4n) is 2.76. The number of halogens is 1. The third-order valence-corrected chi connectivity index (χ3v) is 4.26. The van der Waals surface area contributed by atoms with Gasteiger partial charge in [0.05, 0.1) is 13.2 Å². The molecule has 0 aliphatic heterocycles. The molecule has 23 heavy (non-hydrogen) atoms. The van der Waals surface area contributed by atoms with E-state index in [4.69, 9.17) is 5.73 Å². The van der Waals surface area contributed by atoms with Crippen molar-refractivity contribution in [3.8, 4) is 0 Å². The number of nitrogens with two attached hydrogens (primary N) is 1. The molecule has 2 aromatic rings. The van der Waals surface area contributed by atoms with E-state index in [1.54, 1.807) is 24.4 Å². The summed E-state index contributed by atoms with van der Waals surface area (Å²) in [7, 11) is 0. The Bertz CT molecular complexity index is 689. The predicted molar refractivity (Wildman–Crippen MR) is 87.6 cm³/mol. The van der Waals surface area contributed by atoms with Gasteiger partial charge in [0.1, 0.15) is 11.6 Å². The minimum absolute atomic E-state index is 0.0232. The number of hydrogen-bond acceptors (Lipinski definition) is 3. The maximum absolute atomic E-state index is 13.0. The van der Waals surface area contributed by atoms with Crippen LogP contribution in [0.5, 0.6) is 0 Å². The lowest BCUT2D eigenvalue weighted by molar-refractivity contribution is 0.212. The highest BCUT2D eigenvalue weighted by Crippen LogP contribution is 2.59. The Labute approximate surface area is 134 Å². The topological polar surface area (TPSA) is 83.5 Å². The van der Waals surface area contributed by atoms with Crippen molar-refractivity contribution in [2.75, 3.05) is 18.5 Å². The smallest absolute Gasteiger partial charge is 0.194 e. The van der Waals surface area contributed by atoms with Crippen LogP contribution >= 0.6 is 0 Å². The van der Waals surface area contributed by atoms with Gasteiger partial charge in [-0.1, -0.05) is 18.2 Å². The molecule has 0 bridgehead atoms. The van der Waals surface area contributed by atoms with Gasteiger partial charge in [0.2, 0.25) is 0 Å². The Morgan fingerprint density at radius 1 is 1.35 bits per heavy atom. The molecule has 3 rings (SSSR count). The van der Waals surface area contributed by atoms with E-state index in [0.717, 1.165) is 12.0 Å². The van der Waals surface area contributed by atoms with Crippen LogP contribution in [-0.4, -0.2) is 29.2 Å². The summed E-state index contributed by atoms with van der Waals surface area (Å²) in [6.07, 6.45) is 2.48. The predicted octanol–water partition coefficient (Wildman–Crippen LogP) is 2.11. The van der Waals surface area contributed by atoms with Crippen LogP contribution in [0.2, 0.25) is 0 Å². The minimum Gasteiger partial charge on any atom is -0.396 e. The van der Waals surface area contributed by atoms with Crippen LogP contribution in [0.15, 0.2) is 53.7 Å². The van der Waals surface area contributed by atoms with Crippen molar-refractivity contribution in [3.05, 3.63) is 60.0 Å². The van der Waals surface area contributed by atoms with Crippen LogP contribution < -0.4 is 11.1 Å². The highest BCUT2D eigenvalue weighted by molar-refractivity contribution is 5.91. The normalized spacial score (nSPS) is 23.6. The summed E-state index contributed by atoms with van der Waals surface area (Å²) >= 11 is 0. The summed E-state index contributed by atoms with van der Waals surface area (Å²) < 4.78 is 13.0. The number of aliphatic hydroxyl groups excluding tert-OH is 1. The number of guanidine groups is 1. The van der Waals surface area contributed by atoms with E-state index < -0.39 is 0 Å². The number of hydrogen-bond donors (Lipinski definition) is 3. The standard InChI is InChI=1S/C17H19FN4O/c18-13-6-4-12(5-7-13)14-9-17(14,11-23)10-21-16(19)22-15-3-1-2-8-20-15/h1-8,14,23H,9-11H2,(H3,19,20,21,22). The highest BCUT2D eigenvalue weighted by Gasteiger charge is 2.54. The van der Waals surface area contributed by atoms with E-state index in [9.17, 15) is 9.50 Å². The lowest BCUT2D eigenvalue weighted by Gasteiger charge is -2.13. The Kier molecular flexibility index (Phi) is 4.25. The van der Waals surface area contributed by atoms with Crippen molar-refractivity contribution >= 4 is 11.8 Å². The van der Waals surface area contributed by atoms with Gasteiger partial charge in [-0.15, -0.1) is 0 Å². The van der Waals surface area contributed by atoms with Crippen LogP contribution in [0, 0.1) is 11.2 Å². The van der Waals surface area contributed by atoms with Crippen LogP contribution in [0.4, 0.5) is 10.2 Å². The number of rotatable bonds is 5. The van der Waals surface area contributed by atoms with E-state index in [2.05, 4.69) is 15.3 Å². The summed E-state index contributed by atoms with van der Waals surface area (Å²) in [6.45, 7) is 0.437. The molecule has 1 aliphatic carbocycles. The molecule has 1 saturated carbocycles. The van der Waals surface area contributed by atoms with Gasteiger partial charge in [-0.2, -0.15) is 0 Å². The summed E-state index contributed by atoms with van der Waals surface area (Å²) in [6, 6.07) is 11.9. The number of aromatic nitrogens is 1. The van der Waals surface area contributed by atoms with Gasteiger partial charge < -0.3 is 16.2 Å². The zero-order chi connectivity index (χ0) is 16.3. The number of nitrogens with zero attached hydrogens (tertiary/aromatic N) is 2. The third-order valence-electron chi connectivity index (χ3n) is 4.26. The molecule has 1 aliphatic rings. The monoisotopic (exact) mass is 314 g/mol. The molecule has 2 unspecified atom stereocenters. The summed E-state index contributed by atoms with van der Waals surface area (Å²) in [5.41, 5.74) is 6.58. The van der Waals surface area contributed by atoms with Crippen LogP contribution in [0.25, 0.3) is 0 Å². The lowest BCUT2D eigenvalue weighted by Crippen LogP contribution is -2.25. The van der Waals surface area contributed by atoms with Gasteiger partial charge in [0.25, 0.3) is 0 Å². The van der Waals surface area contributed by atoms with E-state index in [1.807, 2.05) is 12.1 Å². The molecule has 120 valence electrons. The largest absolute Gasteiger partial charge is 0.396 e. The number of benzene rings is 1. The third kappa shape index (κ3) is 3.48. The van der Waals surface area contributed by atoms with E-state index >= 15 is 0 Å². The average Bonchev–Trinajstić information content (AvgIpc) is 3.30. The van der Waals surface area contributed by atoms with Gasteiger partial charge in [0.15, 0.2) is 5.96 Å². The molecule has 1 aromatic heterocycles. The summed E-state index contributed by atoms with van der Waals surface area (Å²) in [4.78, 5) is 8.44. The van der Waals surface area contributed by atoms with Crippen molar-refractivity contribution in [2.45, 2.75) is 12.3 Å². The molecule has 0 amide bonds. The van der Waals surface area contributed by atoms with Gasteiger partial charge in [-0.05, 0) is 42.2 Å². The molecule has 0 spiro atoms. The minimum atomic E-state index is -0.311. The molecule has 0 radical (unpaired) electrons. The second kappa shape index (κ2) is 6.34. The SMILES string of the molecule is NC(=NCC1(CO)CC1c1ccc(F)cc1)Nc1ccccn1.